The lowest BCUT2D eigenvalue weighted by molar-refractivity contribution is -0.118. The van der Waals surface area contributed by atoms with Crippen LogP contribution in [0, 0.1) is 5.92 Å². The molecule has 1 atom stereocenters. The summed E-state index contributed by atoms with van der Waals surface area (Å²) in [5.74, 6) is 0.516. The van der Waals surface area contributed by atoms with Crippen LogP contribution in [0.4, 0.5) is 4.79 Å². The number of amides is 3. The molecule has 0 saturated carbocycles. The lowest BCUT2D eigenvalue weighted by Gasteiger charge is -2.17. The van der Waals surface area contributed by atoms with E-state index in [0.717, 1.165) is 32.4 Å². The minimum Gasteiger partial charge on any atom is -0.356 e. The maximum absolute atomic E-state index is 12.1. The van der Waals surface area contributed by atoms with Crippen molar-refractivity contribution < 1.29 is 9.59 Å². The van der Waals surface area contributed by atoms with Gasteiger partial charge in [0.2, 0.25) is 5.91 Å². The fraction of sp³-hybridized carbons (Fsp3) is 0.529. The molecule has 3 amide bonds. The topological polar surface area (TPSA) is 61.4 Å². The maximum Gasteiger partial charge on any atom is 0.317 e. The molecular formula is C17H25N3O2. The van der Waals surface area contributed by atoms with E-state index in [2.05, 4.69) is 34.9 Å². The molecule has 1 unspecified atom stereocenters. The van der Waals surface area contributed by atoms with Crippen molar-refractivity contribution in [2.75, 3.05) is 26.2 Å². The van der Waals surface area contributed by atoms with Crippen molar-refractivity contribution in [3.8, 4) is 0 Å². The summed E-state index contributed by atoms with van der Waals surface area (Å²) in [5.41, 5.74) is 1.34. The average Bonchev–Trinajstić information content (AvgIpc) is 2.96. The van der Waals surface area contributed by atoms with Gasteiger partial charge in [-0.1, -0.05) is 30.3 Å². The number of rotatable bonds is 6. The van der Waals surface area contributed by atoms with Gasteiger partial charge in [-0.05, 0) is 30.7 Å². The second-order valence-corrected chi connectivity index (χ2v) is 5.86. The number of nitrogens with one attached hydrogen (secondary N) is 2. The molecule has 1 heterocycles. The van der Waals surface area contributed by atoms with E-state index < -0.39 is 0 Å². The van der Waals surface area contributed by atoms with Gasteiger partial charge >= 0.3 is 6.03 Å². The van der Waals surface area contributed by atoms with Gasteiger partial charge in [0.25, 0.3) is 0 Å². The van der Waals surface area contributed by atoms with Crippen molar-refractivity contribution in [3.63, 3.8) is 0 Å². The number of carbonyl (C=O) groups excluding carboxylic acids is 2. The zero-order chi connectivity index (χ0) is 15.8. The highest BCUT2D eigenvalue weighted by atomic mass is 16.2. The minimum atomic E-state index is -0.0328. The van der Waals surface area contributed by atoms with Gasteiger partial charge in [0.1, 0.15) is 0 Å². The molecule has 120 valence electrons. The molecule has 22 heavy (non-hydrogen) atoms. The zero-order valence-corrected chi connectivity index (χ0v) is 13.2. The van der Waals surface area contributed by atoms with E-state index in [4.69, 9.17) is 0 Å². The zero-order valence-electron chi connectivity index (χ0n) is 13.2. The molecule has 1 aromatic carbocycles. The van der Waals surface area contributed by atoms with E-state index in [0.29, 0.717) is 19.0 Å². The van der Waals surface area contributed by atoms with Crippen LogP contribution in [0.5, 0.6) is 0 Å². The van der Waals surface area contributed by atoms with Crippen LogP contribution in [0.2, 0.25) is 0 Å². The van der Waals surface area contributed by atoms with E-state index in [9.17, 15) is 9.59 Å². The summed E-state index contributed by atoms with van der Waals surface area (Å²) in [5, 5.41) is 5.64. The number of carbonyl (C=O) groups is 2. The number of urea groups is 1. The molecular weight excluding hydrogens is 278 g/mol. The van der Waals surface area contributed by atoms with E-state index in [1.54, 1.807) is 0 Å². The van der Waals surface area contributed by atoms with Crippen LogP contribution in [-0.2, 0) is 11.2 Å². The van der Waals surface area contributed by atoms with Gasteiger partial charge in [0.05, 0.1) is 0 Å². The third kappa shape index (κ3) is 5.39. The van der Waals surface area contributed by atoms with Crippen molar-refractivity contribution in [3.05, 3.63) is 35.9 Å². The van der Waals surface area contributed by atoms with Crippen LogP contribution < -0.4 is 10.6 Å². The van der Waals surface area contributed by atoms with Crippen molar-refractivity contribution in [1.82, 2.24) is 15.5 Å². The third-order valence-corrected chi connectivity index (χ3v) is 3.94. The summed E-state index contributed by atoms with van der Waals surface area (Å²) < 4.78 is 0. The Labute approximate surface area is 132 Å². The molecule has 1 aliphatic rings. The molecule has 2 N–H and O–H groups in total. The first-order valence-corrected chi connectivity index (χ1v) is 7.96. The molecule has 5 heteroatoms. The quantitative estimate of drug-likeness (QED) is 0.787. The Bertz CT molecular complexity index is 490. The highest BCUT2D eigenvalue weighted by Gasteiger charge is 2.25. The lowest BCUT2D eigenvalue weighted by atomic mass is 9.99. The van der Waals surface area contributed by atoms with Crippen LogP contribution in [0.15, 0.2) is 30.3 Å². The molecule has 1 saturated heterocycles. The summed E-state index contributed by atoms with van der Waals surface area (Å²) in [6, 6.07) is 10.4. The Morgan fingerprint density at radius 2 is 1.91 bits per heavy atom. The lowest BCUT2D eigenvalue weighted by Crippen LogP contribution is -2.39. The Balaban J connectivity index is 1.64. The van der Waals surface area contributed by atoms with Gasteiger partial charge < -0.3 is 15.5 Å². The van der Waals surface area contributed by atoms with Crippen LogP contribution in [0.1, 0.15) is 25.3 Å². The van der Waals surface area contributed by atoms with Gasteiger partial charge in [-0.25, -0.2) is 4.79 Å². The van der Waals surface area contributed by atoms with E-state index >= 15 is 0 Å². The van der Waals surface area contributed by atoms with E-state index in [1.807, 2.05) is 11.0 Å². The summed E-state index contributed by atoms with van der Waals surface area (Å²) in [7, 11) is 0. The second kappa shape index (κ2) is 8.41. The van der Waals surface area contributed by atoms with Crippen molar-refractivity contribution in [2.24, 2.45) is 5.92 Å². The Morgan fingerprint density at radius 3 is 2.64 bits per heavy atom. The monoisotopic (exact) mass is 303 g/mol. The highest BCUT2D eigenvalue weighted by molar-refractivity contribution is 5.74. The number of benzene rings is 1. The number of likely N-dealkylation sites (tertiary alicyclic amines) is 1. The maximum atomic E-state index is 12.1. The van der Waals surface area contributed by atoms with Gasteiger partial charge in [0, 0.05) is 33.1 Å². The molecule has 0 spiro atoms. The predicted octanol–water partition coefficient (Wildman–Crippen LogP) is 1.79. The first kappa shape index (κ1) is 16.3. The Hall–Kier alpha value is -2.04. The molecule has 1 aromatic rings. The first-order valence-electron chi connectivity index (χ1n) is 7.96. The fourth-order valence-corrected chi connectivity index (χ4v) is 2.79. The number of nitrogens with zero attached hydrogens (tertiary/aromatic N) is 1. The molecule has 0 aromatic heterocycles. The largest absolute Gasteiger partial charge is 0.356 e. The molecule has 1 fully saturated rings. The van der Waals surface area contributed by atoms with Crippen LogP contribution in [-0.4, -0.2) is 43.0 Å². The SMILES string of the molecule is CC(=O)NCCCNC(=O)N1CCC(Cc2ccccc2)C1. The summed E-state index contributed by atoms with van der Waals surface area (Å²) >= 11 is 0. The first-order chi connectivity index (χ1) is 10.6. The van der Waals surface area contributed by atoms with Gasteiger partial charge in [-0.3, -0.25) is 4.79 Å². The number of hydrogen-bond donors (Lipinski definition) is 2. The predicted molar refractivity (Wildman–Crippen MR) is 86.5 cm³/mol. The van der Waals surface area contributed by atoms with Gasteiger partial charge in [0.15, 0.2) is 0 Å². The van der Waals surface area contributed by atoms with Crippen molar-refractivity contribution in [1.29, 1.82) is 0 Å². The molecule has 0 bridgehead atoms. The Kier molecular flexibility index (Phi) is 6.25. The van der Waals surface area contributed by atoms with Crippen molar-refractivity contribution in [2.45, 2.75) is 26.2 Å². The molecule has 0 aliphatic carbocycles. The Morgan fingerprint density at radius 1 is 1.18 bits per heavy atom. The average molecular weight is 303 g/mol. The summed E-state index contributed by atoms with van der Waals surface area (Å²) in [6.07, 6.45) is 2.86. The van der Waals surface area contributed by atoms with Crippen LogP contribution in [0.25, 0.3) is 0 Å². The summed E-state index contributed by atoms with van der Waals surface area (Å²) in [6.45, 7) is 4.35. The number of hydrogen-bond acceptors (Lipinski definition) is 2. The third-order valence-electron chi connectivity index (χ3n) is 3.94. The highest BCUT2D eigenvalue weighted by Crippen LogP contribution is 2.20. The van der Waals surface area contributed by atoms with Crippen LogP contribution >= 0.6 is 0 Å². The van der Waals surface area contributed by atoms with E-state index in [1.165, 1.54) is 12.5 Å². The molecule has 0 radical (unpaired) electrons. The van der Waals surface area contributed by atoms with Crippen LogP contribution in [0.3, 0.4) is 0 Å². The van der Waals surface area contributed by atoms with Gasteiger partial charge in [-0.2, -0.15) is 0 Å². The molecule has 2 rings (SSSR count). The second-order valence-electron chi connectivity index (χ2n) is 5.86. The minimum absolute atomic E-state index is 0.0124. The summed E-state index contributed by atoms with van der Waals surface area (Å²) in [4.78, 5) is 24.7. The molecule has 1 aliphatic heterocycles. The van der Waals surface area contributed by atoms with E-state index in [-0.39, 0.29) is 11.9 Å². The smallest absolute Gasteiger partial charge is 0.317 e. The molecule has 5 nitrogen and oxygen atoms in total. The standard InChI is InChI=1S/C17H25N3O2/c1-14(21)18-9-5-10-19-17(22)20-11-8-16(13-20)12-15-6-3-2-4-7-15/h2-4,6-7,16H,5,8-13H2,1H3,(H,18,21)(H,19,22). The van der Waals surface area contributed by atoms with Gasteiger partial charge in [-0.15, -0.1) is 0 Å². The fourth-order valence-electron chi connectivity index (χ4n) is 2.79. The normalized spacial score (nSPS) is 17.3. The van der Waals surface area contributed by atoms with Crippen molar-refractivity contribution >= 4 is 11.9 Å².